The van der Waals surface area contributed by atoms with Gasteiger partial charge in [-0.2, -0.15) is 0 Å². The second-order valence-electron chi connectivity index (χ2n) is 15.7. The van der Waals surface area contributed by atoms with Crippen molar-refractivity contribution in [1.82, 2.24) is 15.2 Å². The molecule has 59 heavy (non-hydrogen) atoms. The summed E-state index contributed by atoms with van der Waals surface area (Å²) < 4.78 is 35.7. The first-order chi connectivity index (χ1) is 28.4. The Morgan fingerprint density at radius 2 is 1.54 bits per heavy atom. The molecule has 3 saturated heterocycles. The topological polar surface area (TPSA) is 258 Å². The van der Waals surface area contributed by atoms with Gasteiger partial charge in [0.2, 0.25) is 17.6 Å². The van der Waals surface area contributed by atoms with Crippen LogP contribution >= 0.6 is 11.3 Å². The Balaban J connectivity index is 0.970. The van der Waals surface area contributed by atoms with Crippen LogP contribution in [0.1, 0.15) is 97.7 Å². The maximum atomic E-state index is 14.3. The number of aliphatic hydroxyl groups is 7. The van der Waals surface area contributed by atoms with Gasteiger partial charge in [-0.15, -0.1) is 11.3 Å². The van der Waals surface area contributed by atoms with Crippen molar-refractivity contribution in [2.75, 3.05) is 26.4 Å². The van der Waals surface area contributed by atoms with E-state index < -0.39 is 86.5 Å². The zero-order chi connectivity index (χ0) is 42.2. The van der Waals surface area contributed by atoms with Crippen molar-refractivity contribution in [1.29, 1.82) is 0 Å². The summed E-state index contributed by atoms with van der Waals surface area (Å²) in [5, 5.41) is 76.8. The van der Waals surface area contributed by atoms with E-state index in [1.807, 2.05) is 0 Å². The minimum Gasteiger partial charge on any atom is -0.394 e. The van der Waals surface area contributed by atoms with E-state index >= 15 is 0 Å². The van der Waals surface area contributed by atoms with Gasteiger partial charge in [-0.1, -0.05) is 25.7 Å². The molecule has 1 aliphatic carbocycles. The summed E-state index contributed by atoms with van der Waals surface area (Å²) in [5.74, 6) is -1.19. The highest BCUT2D eigenvalue weighted by Crippen LogP contribution is 2.37. The van der Waals surface area contributed by atoms with E-state index in [0.717, 1.165) is 38.5 Å². The average Bonchev–Trinajstić information content (AvgIpc) is 3.95. The number of benzene rings is 1. The van der Waals surface area contributed by atoms with Crippen LogP contribution in [0, 0.1) is 11.7 Å². The van der Waals surface area contributed by atoms with Crippen molar-refractivity contribution in [3.05, 3.63) is 51.7 Å². The molecule has 0 spiro atoms. The maximum absolute atomic E-state index is 14.3. The molecule has 1 aromatic heterocycles. The first kappa shape index (κ1) is 45.5. The third-order valence-corrected chi connectivity index (χ3v) is 12.6. The molecule has 0 radical (unpaired) electrons. The fraction of sp³-hybridized carbons (Fsp3) is 0.700. The van der Waals surface area contributed by atoms with E-state index in [2.05, 4.69) is 10.3 Å². The van der Waals surface area contributed by atoms with Crippen LogP contribution in [0.3, 0.4) is 0 Å². The molecule has 8 N–H and O–H groups in total. The molecule has 4 fully saturated rings. The van der Waals surface area contributed by atoms with Crippen LogP contribution in [0.5, 0.6) is 0 Å². The van der Waals surface area contributed by atoms with Crippen molar-refractivity contribution in [2.24, 2.45) is 5.92 Å². The Hall–Kier alpha value is -3.05. The van der Waals surface area contributed by atoms with Crippen LogP contribution in [0.2, 0.25) is 0 Å². The van der Waals surface area contributed by atoms with Crippen molar-refractivity contribution < 1.29 is 73.5 Å². The van der Waals surface area contributed by atoms with E-state index in [4.69, 9.17) is 18.9 Å². The number of nitrogens with one attached hydrogen (secondary N) is 1. The molecule has 6 rings (SSSR count). The Kier molecular flexibility index (Phi) is 16.3. The highest BCUT2D eigenvalue weighted by Gasteiger charge is 2.51. The lowest BCUT2D eigenvalue weighted by molar-refractivity contribution is -0.359. The lowest BCUT2D eigenvalue weighted by atomic mass is 9.83. The SMILES string of the molecule is O=C(CCCCCO[C@@H]1OC(CO)[C@@H](O[C@@H]2OC(CO)[C@H](O)C(O)[C@@H]2O)C(O)[C@@H]1O)N[C@H](C(=O)N1CCC[C@H]1c1nc(C(=O)c2ccc(F)cc2)cs1)C1CCCCC1. The molecule has 2 amide bonds. The van der Waals surface area contributed by atoms with E-state index in [9.17, 15) is 54.5 Å². The fourth-order valence-corrected chi connectivity index (χ4v) is 9.26. The van der Waals surface area contributed by atoms with E-state index in [1.165, 1.54) is 35.6 Å². The number of aromatic nitrogens is 1. The Labute approximate surface area is 345 Å². The molecule has 328 valence electrons. The molecule has 3 aliphatic heterocycles. The first-order valence-corrected chi connectivity index (χ1v) is 21.3. The summed E-state index contributed by atoms with van der Waals surface area (Å²) in [6, 6.07) is 4.25. The van der Waals surface area contributed by atoms with Gasteiger partial charge in [0.05, 0.1) is 19.3 Å². The number of hydrogen-bond acceptors (Lipinski definition) is 16. The number of amides is 2. The first-order valence-electron chi connectivity index (χ1n) is 20.5. The molecular formula is C40H56FN3O14S. The minimum absolute atomic E-state index is 0.0102. The monoisotopic (exact) mass is 853 g/mol. The van der Waals surface area contributed by atoms with E-state index in [1.54, 1.807) is 10.3 Å². The second kappa shape index (κ2) is 21.2. The molecule has 17 nitrogen and oxygen atoms in total. The highest BCUT2D eigenvalue weighted by atomic mass is 32.1. The van der Waals surface area contributed by atoms with Crippen LogP contribution in [0.15, 0.2) is 29.6 Å². The van der Waals surface area contributed by atoms with Gasteiger partial charge in [0.15, 0.2) is 12.6 Å². The number of carbonyl (C=O) groups excluding carboxylic acids is 3. The number of aliphatic hydroxyl groups excluding tert-OH is 7. The van der Waals surface area contributed by atoms with Crippen LogP contribution in [-0.4, -0.2) is 157 Å². The van der Waals surface area contributed by atoms with Gasteiger partial charge in [0.1, 0.15) is 71.4 Å². The second-order valence-corrected chi connectivity index (χ2v) is 16.6. The van der Waals surface area contributed by atoms with Gasteiger partial charge in [-0.25, -0.2) is 9.37 Å². The van der Waals surface area contributed by atoms with E-state index in [-0.39, 0.29) is 48.3 Å². The molecule has 0 bridgehead atoms. The standard InChI is InChI=1S/C40H56FN3O14S/c41-23-14-12-22(13-15-23)30(48)24-20-59-37(42-24)25-10-7-16-44(25)38(54)29(21-8-3-1-4-9-21)43-28(47)11-5-2-6-17-55-39-35(53)33(51)36(27(19-46)57-39)58-40-34(52)32(50)31(49)26(18-45)56-40/h12-15,20-21,25-27,29,31-36,39-40,45-46,49-53H,1-11,16-19H2,(H,43,47)/t25-,26?,27?,29-,31-,32?,33?,34-,35-,36+,39+,40-/m0/s1. The molecule has 1 aromatic carbocycles. The number of unbranched alkanes of at least 4 members (excludes halogenated alkanes) is 2. The average molecular weight is 854 g/mol. The van der Waals surface area contributed by atoms with Gasteiger partial charge in [-0.05, 0) is 68.7 Å². The number of nitrogens with zero attached hydrogens (tertiary/aromatic N) is 2. The minimum atomic E-state index is -1.78. The number of thiazole rings is 1. The van der Waals surface area contributed by atoms with Crippen molar-refractivity contribution in [3.8, 4) is 0 Å². The van der Waals surface area contributed by atoms with Gasteiger partial charge in [0.25, 0.3) is 0 Å². The molecule has 4 heterocycles. The number of ketones is 1. The van der Waals surface area contributed by atoms with Crippen molar-refractivity contribution in [2.45, 2.75) is 144 Å². The summed E-state index contributed by atoms with van der Waals surface area (Å²) >= 11 is 1.31. The quantitative estimate of drug-likeness (QED) is 0.0794. The number of rotatable bonds is 17. The third-order valence-electron chi connectivity index (χ3n) is 11.7. The smallest absolute Gasteiger partial charge is 0.246 e. The van der Waals surface area contributed by atoms with Gasteiger partial charge in [0, 0.05) is 30.5 Å². The largest absolute Gasteiger partial charge is 0.394 e. The zero-order valence-electron chi connectivity index (χ0n) is 32.7. The van der Waals surface area contributed by atoms with Crippen LogP contribution in [-0.2, 0) is 28.5 Å². The van der Waals surface area contributed by atoms with Crippen molar-refractivity contribution in [3.63, 3.8) is 0 Å². The van der Waals surface area contributed by atoms with Crippen LogP contribution < -0.4 is 5.32 Å². The summed E-state index contributed by atoms with van der Waals surface area (Å²) in [5.41, 5.74) is 0.559. The summed E-state index contributed by atoms with van der Waals surface area (Å²) in [6.45, 7) is -0.814. The van der Waals surface area contributed by atoms with Crippen molar-refractivity contribution >= 4 is 28.9 Å². The summed E-state index contributed by atoms with van der Waals surface area (Å²) in [6.07, 6.45) is -7.73. The number of ether oxygens (including phenoxy) is 4. The summed E-state index contributed by atoms with van der Waals surface area (Å²) in [4.78, 5) is 47.0. The lowest BCUT2D eigenvalue weighted by Crippen LogP contribution is -2.64. The molecule has 4 aliphatic rings. The molecular weight excluding hydrogens is 798 g/mol. The van der Waals surface area contributed by atoms with Crippen LogP contribution in [0.4, 0.5) is 4.39 Å². The lowest BCUT2D eigenvalue weighted by Gasteiger charge is -2.45. The molecule has 19 heteroatoms. The molecule has 2 aromatic rings. The van der Waals surface area contributed by atoms with Gasteiger partial charge >= 0.3 is 0 Å². The predicted molar refractivity (Wildman–Crippen MR) is 205 cm³/mol. The van der Waals surface area contributed by atoms with Gasteiger partial charge < -0.3 is 64.9 Å². The Bertz CT molecular complexity index is 1680. The number of carbonyl (C=O) groups is 3. The number of halogens is 1. The normalized spacial score (nSPS) is 32.2. The number of hydrogen-bond donors (Lipinski definition) is 8. The zero-order valence-corrected chi connectivity index (χ0v) is 33.5. The fourth-order valence-electron chi connectivity index (χ4n) is 8.31. The highest BCUT2D eigenvalue weighted by molar-refractivity contribution is 7.10. The molecule has 12 atom stereocenters. The maximum Gasteiger partial charge on any atom is 0.246 e. The molecule has 1 saturated carbocycles. The molecule has 4 unspecified atom stereocenters. The Morgan fingerprint density at radius 1 is 0.847 bits per heavy atom. The third kappa shape index (κ3) is 10.9. The van der Waals surface area contributed by atoms with Gasteiger partial charge in [-0.3, -0.25) is 14.4 Å². The van der Waals surface area contributed by atoms with E-state index in [0.29, 0.717) is 42.8 Å². The number of likely N-dealkylation sites (tertiary alicyclic amines) is 1. The van der Waals surface area contributed by atoms with Crippen LogP contribution in [0.25, 0.3) is 0 Å². The Morgan fingerprint density at radius 3 is 2.25 bits per heavy atom. The summed E-state index contributed by atoms with van der Waals surface area (Å²) in [7, 11) is 0. The predicted octanol–water partition coefficient (Wildman–Crippen LogP) is 0.443.